The second-order valence-electron chi connectivity index (χ2n) is 3.61. The summed E-state index contributed by atoms with van der Waals surface area (Å²) in [4.78, 5) is 0. The number of hydrogen-bond acceptors (Lipinski definition) is 1. The van der Waals surface area contributed by atoms with Gasteiger partial charge in [-0.25, -0.2) is 8.78 Å². The number of halogens is 2. The van der Waals surface area contributed by atoms with Gasteiger partial charge < -0.3 is 5.32 Å². The number of hydrogen-bond donors (Lipinski definition) is 1. The third-order valence-corrected chi connectivity index (χ3v) is 2.47. The Kier molecular flexibility index (Phi) is 4.94. The molecule has 1 rings (SSSR count). The van der Waals surface area contributed by atoms with Crippen molar-refractivity contribution in [1.29, 1.82) is 0 Å². The number of terminal acetylenes is 1. The number of nitrogens with one attached hydrogen (secondary N) is 1. The van der Waals surface area contributed by atoms with E-state index in [2.05, 4.69) is 11.2 Å². The lowest BCUT2D eigenvalue weighted by Crippen LogP contribution is -2.27. The van der Waals surface area contributed by atoms with Crippen LogP contribution in [0.15, 0.2) is 18.2 Å². The van der Waals surface area contributed by atoms with E-state index in [1.807, 2.05) is 6.92 Å². The van der Waals surface area contributed by atoms with Gasteiger partial charge in [0, 0.05) is 24.6 Å². The molecule has 0 fully saturated rings. The van der Waals surface area contributed by atoms with Gasteiger partial charge in [-0.05, 0) is 12.5 Å². The summed E-state index contributed by atoms with van der Waals surface area (Å²) in [5.41, 5.74) is 0.329. The standard InChI is InChI=1S/C13H15F2N/c1-3-6-11(4-2)16-9-10-7-5-8-12(14)13(10)15/h1,5,7-8,11,16H,4,6,9H2,2H3. The molecule has 86 valence electrons. The zero-order chi connectivity index (χ0) is 12.0. The Morgan fingerprint density at radius 2 is 2.19 bits per heavy atom. The van der Waals surface area contributed by atoms with Gasteiger partial charge in [-0.15, -0.1) is 12.3 Å². The Bertz CT molecular complexity index is 382. The van der Waals surface area contributed by atoms with Crippen LogP contribution < -0.4 is 5.32 Å². The van der Waals surface area contributed by atoms with Crippen LogP contribution in [0, 0.1) is 24.0 Å². The van der Waals surface area contributed by atoms with E-state index in [0.29, 0.717) is 18.5 Å². The molecule has 0 radical (unpaired) electrons. The monoisotopic (exact) mass is 223 g/mol. The van der Waals surface area contributed by atoms with E-state index < -0.39 is 11.6 Å². The SMILES string of the molecule is C#CCC(CC)NCc1cccc(F)c1F. The van der Waals surface area contributed by atoms with Crippen molar-refractivity contribution < 1.29 is 8.78 Å². The summed E-state index contributed by atoms with van der Waals surface area (Å²) >= 11 is 0. The molecule has 1 aromatic carbocycles. The first-order valence-electron chi connectivity index (χ1n) is 5.28. The van der Waals surface area contributed by atoms with Crippen LogP contribution in [0.2, 0.25) is 0 Å². The van der Waals surface area contributed by atoms with E-state index in [1.165, 1.54) is 6.07 Å². The highest BCUT2D eigenvalue weighted by Gasteiger charge is 2.09. The van der Waals surface area contributed by atoms with E-state index in [0.717, 1.165) is 12.5 Å². The Hall–Kier alpha value is -1.40. The largest absolute Gasteiger partial charge is 0.309 e. The molecule has 0 aliphatic carbocycles. The molecule has 1 nitrogen and oxygen atoms in total. The first kappa shape index (κ1) is 12.7. The minimum atomic E-state index is -0.815. The summed E-state index contributed by atoms with van der Waals surface area (Å²) in [6.07, 6.45) is 6.66. The highest BCUT2D eigenvalue weighted by atomic mass is 19.2. The Morgan fingerprint density at radius 3 is 2.81 bits per heavy atom. The lowest BCUT2D eigenvalue weighted by molar-refractivity contribution is 0.469. The highest BCUT2D eigenvalue weighted by Crippen LogP contribution is 2.11. The van der Waals surface area contributed by atoms with Gasteiger partial charge in [-0.1, -0.05) is 19.1 Å². The second-order valence-corrected chi connectivity index (χ2v) is 3.61. The van der Waals surface area contributed by atoms with Crippen molar-refractivity contribution in [3.63, 3.8) is 0 Å². The maximum Gasteiger partial charge on any atom is 0.163 e. The van der Waals surface area contributed by atoms with Crippen molar-refractivity contribution in [2.75, 3.05) is 0 Å². The molecule has 0 spiro atoms. The second kappa shape index (κ2) is 6.24. The Balaban J connectivity index is 2.60. The van der Waals surface area contributed by atoms with Gasteiger partial charge in [0.05, 0.1) is 0 Å². The molecule has 0 bridgehead atoms. The Labute approximate surface area is 94.9 Å². The van der Waals surface area contributed by atoms with Crippen LogP contribution in [-0.4, -0.2) is 6.04 Å². The molecule has 0 aromatic heterocycles. The van der Waals surface area contributed by atoms with Crippen molar-refractivity contribution in [2.45, 2.75) is 32.4 Å². The topological polar surface area (TPSA) is 12.0 Å². The first-order chi connectivity index (χ1) is 7.69. The molecular weight excluding hydrogens is 208 g/mol. The van der Waals surface area contributed by atoms with Gasteiger partial charge in [0.15, 0.2) is 11.6 Å². The maximum atomic E-state index is 13.3. The van der Waals surface area contributed by atoms with E-state index in [4.69, 9.17) is 6.42 Å². The van der Waals surface area contributed by atoms with Crippen LogP contribution in [0.1, 0.15) is 25.3 Å². The summed E-state index contributed by atoms with van der Waals surface area (Å²) in [6, 6.07) is 4.32. The van der Waals surface area contributed by atoms with Crippen LogP contribution in [0.5, 0.6) is 0 Å². The molecule has 0 aliphatic rings. The zero-order valence-corrected chi connectivity index (χ0v) is 9.26. The smallest absolute Gasteiger partial charge is 0.163 e. The molecule has 0 saturated carbocycles. The molecule has 0 aliphatic heterocycles. The van der Waals surface area contributed by atoms with E-state index in [1.54, 1.807) is 6.07 Å². The lowest BCUT2D eigenvalue weighted by atomic mass is 10.1. The molecule has 16 heavy (non-hydrogen) atoms. The zero-order valence-electron chi connectivity index (χ0n) is 9.26. The fraction of sp³-hybridized carbons (Fsp3) is 0.385. The van der Waals surface area contributed by atoms with Crippen molar-refractivity contribution in [3.05, 3.63) is 35.4 Å². The molecule has 1 aromatic rings. The quantitative estimate of drug-likeness (QED) is 0.757. The molecule has 3 heteroatoms. The molecule has 0 saturated heterocycles. The van der Waals surface area contributed by atoms with Gasteiger partial charge in [-0.3, -0.25) is 0 Å². The Morgan fingerprint density at radius 1 is 1.44 bits per heavy atom. The van der Waals surface area contributed by atoms with Gasteiger partial charge in [0.2, 0.25) is 0 Å². The van der Waals surface area contributed by atoms with Gasteiger partial charge in [-0.2, -0.15) is 0 Å². The predicted octanol–water partition coefficient (Wildman–Crippen LogP) is 2.86. The van der Waals surface area contributed by atoms with Gasteiger partial charge in [0.25, 0.3) is 0 Å². The highest BCUT2D eigenvalue weighted by molar-refractivity contribution is 5.18. The average molecular weight is 223 g/mol. The van der Waals surface area contributed by atoms with Crippen LogP contribution in [0.3, 0.4) is 0 Å². The average Bonchev–Trinajstić information content (AvgIpc) is 2.29. The number of rotatable bonds is 5. The third kappa shape index (κ3) is 3.32. The fourth-order valence-electron chi connectivity index (χ4n) is 1.44. The third-order valence-electron chi connectivity index (χ3n) is 2.47. The summed E-state index contributed by atoms with van der Waals surface area (Å²) in [6.45, 7) is 2.29. The fourth-order valence-corrected chi connectivity index (χ4v) is 1.44. The molecule has 0 amide bonds. The van der Waals surface area contributed by atoms with Crippen LogP contribution >= 0.6 is 0 Å². The minimum absolute atomic E-state index is 0.146. The van der Waals surface area contributed by atoms with Gasteiger partial charge in [0.1, 0.15) is 0 Å². The summed E-state index contributed by atoms with van der Waals surface area (Å²) in [5, 5.41) is 3.11. The maximum absolute atomic E-state index is 13.3. The van der Waals surface area contributed by atoms with Crippen molar-refractivity contribution in [2.24, 2.45) is 0 Å². The molecule has 0 heterocycles. The molecular formula is C13H15F2N. The van der Waals surface area contributed by atoms with E-state index in [9.17, 15) is 8.78 Å². The van der Waals surface area contributed by atoms with Crippen molar-refractivity contribution >= 4 is 0 Å². The normalized spacial score (nSPS) is 12.1. The molecule has 1 unspecified atom stereocenters. The lowest BCUT2D eigenvalue weighted by Gasteiger charge is -2.14. The molecule has 1 atom stereocenters. The van der Waals surface area contributed by atoms with E-state index in [-0.39, 0.29) is 6.04 Å². The van der Waals surface area contributed by atoms with E-state index >= 15 is 0 Å². The van der Waals surface area contributed by atoms with Crippen molar-refractivity contribution in [1.82, 2.24) is 5.32 Å². The van der Waals surface area contributed by atoms with Crippen LogP contribution in [-0.2, 0) is 6.54 Å². The van der Waals surface area contributed by atoms with Gasteiger partial charge >= 0.3 is 0 Å². The summed E-state index contributed by atoms with van der Waals surface area (Å²) < 4.78 is 26.2. The minimum Gasteiger partial charge on any atom is -0.309 e. The van der Waals surface area contributed by atoms with Crippen LogP contribution in [0.4, 0.5) is 8.78 Å². The number of benzene rings is 1. The predicted molar refractivity (Wildman–Crippen MR) is 60.7 cm³/mol. The molecule has 1 N–H and O–H groups in total. The first-order valence-corrected chi connectivity index (χ1v) is 5.28. The van der Waals surface area contributed by atoms with Crippen molar-refractivity contribution in [3.8, 4) is 12.3 Å². The van der Waals surface area contributed by atoms with Crippen LogP contribution in [0.25, 0.3) is 0 Å². The summed E-state index contributed by atoms with van der Waals surface area (Å²) in [5.74, 6) is 0.949. The summed E-state index contributed by atoms with van der Waals surface area (Å²) in [7, 11) is 0.